The first-order valence-corrected chi connectivity index (χ1v) is 9.24. The first kappa shape index (κ1) is 28.7. The van der Waals surface area contributed by atoms with E-state index in [0.717, 1.165) is 6.42 Å². The summed E-state index contributed by atoms with van der Waals surface area (Å²) < 4.78 is 36.3. The van der Waals surface area contributed by atoms with Gasteiger partial charge in [0.05, 0.1) is 0 Å². The molecule has 0 amide bonds. The molecule has 0 saturated carbocycles. The molecule has 0 bridgehead atoms. The second-order valence-corrected chi connectivity index (χ2v) is 6.69. The largest absolute Gasteiger partial charge is 1.00 e. The molecule has 0 unspecified atom stereocenters. The molecule has 0 aliphatic carbocycles. The Morgan fingerprint density at radius 1 is 0.917 bits per heavy atom. The molecule has 1 aromatic rings. The van der Waals surface area contributed by atoms with Crippen molar-refractivity contribution >= 4 is 10.1 Å². The molecule has 6 heteroatoms. The first-order valence-electron chi connectivity index (χ1n) is 7.66. The molecule has 0 saturated heterocycles. The van der Waals surface area contributed by atoms with Gasteiger partial charge in [0, 0.05) is 0 Å². The van der Waals surface area contributed by atoms with Crippen LogP contribution in [0, 0.1) is 0 Å². The first-order chi connectivity index (χ1) is 10.0. The van der Waals surface area contributed by atoms with Gasteiger partial charge in [0.15, 0.2) is 5.94 Å². The molecule has 0 aromatic heterocycles. The second-order valence-electron chi connectivity index (χ2n) is 5.34. The molecule has 0 radical (unpaired) electrons. The average molecular weight is 369 g/mol. The van der Waals surface area contributed by atoms with Crippen LogP contribution < -0.4 is 34.3 Å². The van der Waals surface area contributed by atoms with Crippen LogP contribution in [0.1, 0.15) is 72.3 Å². The van der Waals surface area contributed by atoms with Crippen molar-refractivity contribution in [2.24, 2.45) is 0 Å². The van der Waals surface area contributed by atoms with Crippen molar-refractivity contribution in [3.63, 3.8) is 0 Å². The summed E-state index contributed by atoms with van der Waals surface area (Å²) in [6.07, 6.45) is 10.0. The molecule has 0 atom stereocenters. The molecular weight excluding hydrogens is 335 g/mol. The summed E-state index contributed by atoms with van der Waals surface area (Å²) in [5.41, 5.74) is 1.21. The van der Waals surface area contributed by atoms with E-state index in [1.54, 1.807) is 12.1 Å². The Morgan fingerprint density at radius 3 is 1.92 bits per heavy atom. The molecule has 4 nitrogen and oxygen atoms in total. The number of unbranched alkanes of at least 4 members (excludes halogenated alkanes) is 6. The molecule has 0 spiro atoms. The maximum absolute atomic E-state index is 10.5. The molecule has 1 aromatic carbocycles. The van der Waals surface area contributed by atoms with Crippen molar-refractivity contribution in [2.45, 2.75) is 73.1 Å². The van der Waals surface area contributed by atoms with E-state index in [-0.39, 0.29) is 44.4 Å². The summed E-state index contributed by atoms with van der Waals surface area (Å²) in [5.74, 6) is -0.401. The summed E-state index contributed by atoms with van der Waals surface area (Å²) in [6, 6.07) is 7.26. The minimum atomic E-state index is -4.33. The normalized spacial score (nSPS) is 10.1. The van der Waals surface area contributed by atoms with Crippen LogP contribution in [0.4, 0.5) is 0 Å². The fourth-order valence-electron chi connectivity index (χ4n) is 2.18. The number of aryl methyl sites for hydroxylation is 1. The van der Waals surface area contributed by atoms with E-state index >= 15 is 0 Å². The fraction of sp³-hybridized carbons (Fsp3) is 0.667. The van der Waals surface area contributed by atoms with Crippen LogP contribution in [-0.4, -0.2) is 18.9 Å². The van der Waals surface area contributed by atoms with E-state index in [1.807, 2.05) is 12.1 Å². The second kappa shape index (κ2) is 16.4. The average Bonchev–Trinajstić information content (AvgIpc) is 2.44. The van der Waals surface area contributed by atoms with Gasteiger partial charge < -0.3 is 9.29 Å². The van der Waals surface area contributed by atoms with Gasteiger partial charge >= 0.3 is 29.6 Å². The van der Waals surface area contributed by atoms with Crippen LogP contribution in [0.3, 0.4) is 0 Å². The summed E-state index contributed by atoms with van der Waals surface area (Å²) in [4.78, 5) is 0. The van der Waals surface area contributed by atoms with Crippen molar-refractivity contribution in [2.75, 3.05) is 5.94 Å². The molecule has 0 aliphatic heterocycles. The van der Waals surface area contributed by atoms with Crippen molar-refractivity contribution in [3.05, 3.63) is 29.8 Å². The smallest absolute Gasteiger partial charge is 0.745 e. The van der Waals surface area contributed by atoms with Crippen LogP contribution in [0.25, 0.3) is 0 Å². The van der Waals surface area contributed by atoms with Gasteiger partial charge in [-0.25, -0.2) is 8.42 Å². The van der Waals surface area contributed by atoms with Crippen molar-refractivity contribution in [1.29, 1.82) is 0 Å². The van der Waals surface area contributed by atoms with Crippen LogP contribution in [0.15, 0.2) is 24.3 Å². The topological polar surface area (TPSA) is 66.4 Å². The van der Waals surface area contributed by atoms with Gasteiger partial charge in [0.25, 0.3) is 0 Å². The van der Waals surface area contributed by atoms with Gasteiger partial charge in [-0.3, -0.25) is 0 Å². The van der Waals surface area contributed by atoms with E-state index in [1.165, 1.54) is 50.5 Å². The summed E-state index contributed by atoms with van der Waals surface area (Å²) in [5, 5.41) is 0. The Morgan fingerprint density at radius 2 is 1.42 bits per heavy atom. The third kappa shape index (κ3) is 15.5. The standard InChI is InChI=1S/C16H26O4S.2CH4.Na/c1-2-3-4-5-6-7-8-9-15-10-12-16(13-11-15)20-14-21(17,18)19;;;/h10-13H,2-9,14H2,1H3,(H,17,18,19);2*1H4;/q;;;+1/p-1. The molecule has 0 aliphatic rings. The van der Waals surface area contributed by atoms with Crippen LogP contribution in [0.5, 0.6) is 5.75 Å². The number of benzene rings is 1. The van der Waals surface area contributed by atoms with Gasteiger partial charge in [0.2, 0.25) is 0 Å². The third-order valence-electron chi connectivity index (χ3n) is 3.36. The summed E-state index contributed by atoms with van der Waals surface area (Å²) in [6.45, 7) is 2.22. The van der Waals surface area contributed by atoms with E-state index in [9.17, 15) is 13.0 Å². The SMILES string of the molecule is C.C.CCCCCCCCCc1ccc(OCS(=O)(=O)[O-])cc1.[Na+]. The van der Waals surface area contributed by atoms with E-state index in [4.69, 9.17) is 4.74 Å². The monoisotopic (exact) mass is 368 g/mol. The Labute approximate surface area is 171 Å². The van der Waals surface area contributed by atoms with Crippen molar-refractivity contribution in [1.82, 2.24) is 0 Å². The zero-order valence-corrected chi connectivity index (χ0v) is 16.5. The molecule has 0 heterocycles. The van der Waals surface area contributed by atoms with Crippen LogP contribution in [-0.2, 0) is 16.5 Å². The number of hydrogen-bond acceptors (Lipinski definition) is 4. The van der Waals surface area contributed by atoms with Gasteiger partial charge in [-0.15, -0.1) is 0 Å². The van der Waals surface area contributed by atoms with Gasteiger partial charge in [-0.05, 0) is 30.5 Å². The predicted octanol–water partition coefficient (Wildman–Crippen LogP) is 2.14. The summed E-state index contributed by atoms with van der Waals surface area (Å²) >= 11 is 0. The predicted molar refractivity (Wildman–Crippen MR) is 96.8 cm³/mol. The number of rotatable bonds is 11. The molecule has 1 rings (SSSR count). The summed E-state index contributed by atoms with van der Waals surface area (Å²) in [7, 11) is -4.33. The molecule has 0 N–H and O–H groups in total. The van der Waals surface area contributed by atoms with Gasteiger partial charge in [-0.2, -0.15) is 0 Å². The Kier molecular flexibility index (Phi) is 19.6. The van der Waals surface area contributed by atoms with Gasteiger partial charge in [0.1, 0.15) is 15.9 Å². The van der Waals surface area contributed by atoms with Crippen molar-refractivity contribution < 1.29 is 47.3 Å². The maximum atomic E-state index is 10.5. The van der Waals surface area contributed by atoms with E-state index in [2.05, 4.69) is 6.92 Å². The van der Waals surface area contributed by atoms with E-state index < -0.39 is 16.1 Å². The molecular formula is C18H33NaO4S. The Hall–Kier alpha value is -0.0700. The van der Waals surface area contributed by atoms with Crippen LogP contribution in [0.2, 0.25) is 0 Å². The van der Waals surface area contributed by atoms with Gasteiger partial charge in [-0.1, -0.05) is 72.4 Å². The zero-order chi connectivity index (χ0) is 15.6. The maximum Gasteiger partial charge on any atom is 1.00 e. The number of hydrogen-bond donors (Lipinski definition) is 0. The molecule has 24 heavy (non-hydrogen) atoms. The van der Waals surface area contributed by atoms with E-state index in [0.29, 0.717) is 5.75 Å². The zero-order valence-electron chi connectivity index (χ0n) is 13.7. The quantitative estimate of drug-likeness (QED) is 0.341. The number of ether oxygens (including phenoxy) is 1. The minimum absolute atomic E-state index is 0. The van der Waals surface area contributed by atoms with Crippen molar-refractivity contribution in [3.8, 4) is 5.75 Å². The minimum Gasteiger partial charge on any atom is -0.745 e. The Bertz CT molecular complexity index is 486. The third-order valence-corrected chi connectivity index (χ3v) is 3.77. The van der Waals surface area contributed by atoms with Crippen LogP contribution >= 0.6 is 0 Å². The fourth-order valence-corrected chi connectivity index (χ4v) is 2.46. The molecule has 136 valence electrons. The molecule has 0 fully saturated rings. The Balaban J connectivity index is -0.00000147.